The number of rotatable bonds is 6. The third-order valence-corrected chi connectivity index (χ3v) is 6.49. The number of allylic oxidation sites excluding steroid dienone is 2. The molecule has 7 heteroatoms. The highest BCUT2D eigenvalue weighted by atomic mass is 35.5. The van der Waals surface area contributed by atoms with Crippen LogP contribution in [-0.4, -0.2) is 41.3 Å². The average Bonchev–Trinajstić information content (AvgIpc) is 3.14. The van der Waals surface area contributed by atoms with Gasteiger partial charge in [-0.2, -0.15) is 0 Å². The molecule has 0 saturated carbocycles. The largest absolute Gasteiger partial charge is 0.394 e. The van der Waals surface area contributed by atoms with E-state index in [0.717, 1.165) is 34.2 Å². The number of amides is 2. The monoisotopic (exact) mass is 440 g/mol. The van der Waals surface area contributed by atoms with Crippen LogP contribution in [0.3, 0.4) is 0 Å². The second-order valence-electron chi connectivity index (χ2n) is 8.19. The summed E-state index contributed by atoms with van der Waals surface area (Å²) in [7, 11) is 0. The second kappa shape index (κ2) is 8.83. The Labute approximate surface area is 185 Å². The number of nitrogens with two attached hydrogens (primary N) is 1. The molecule has 2 aromatic carbocycles. The van der Waals surface area contributed by atoms with E-state index in [1.165, 1.54) is 5.57 Å². The van der Waals surface area contributed by atoms with Gasteiger partial charge in [-0.3, -0.25) is 9.59 Å². The fraction of sp³-hybridized carbons (Fsp3) is 0.333. The van der Waals surface area contributed by atoms with Crippen LogP contribution >= 0.6 is 11.6 Å². The third kappa shape index (κ3) is 4.24. The molecule has 2 aliphatic rings. The fourth-order valence-electron chi connectivity index (χ4n) is 4.55. The maximum absolute atomic E-state index is 12.7. The topological polar surface area (TPSA) is 113 Å². The molecule has 5 N–H and O–H groups in total. The number of nitrogens with one attached hydrogen (secondary N) is 1. The molecule has 0 heterocycles. The van der Waals surface area contributed by atoms with Gasteiger partial charge in [0.2, 0.25) is 11.8 Å². The molecule has 6 nitrogen and oxygen atoms in total. The van der Waals surface area contributed by atoms with Crippen molar-refractivity contribution in [2.75, 3.05) is 13.2 Å². The Bertz CT molecular complexity index is 1060. The lowest BCUT2D eigenvalue weighted by Gasteiger charge is -2.25. The smallest absolute Gasteiger partial charge is 0.249 e. The number of halogens is 1. The van der Waals surface area contributed by atoms with E-state index in [0.29, 0.717) is 29.8 Å². The zero-order valence-corrected chi connectivity index (χ0v) is 17.8. The zero-order chi connectivity index (χ0) is 22.1. The predicted octanol–water partition coefficient (Wildman–Crippen LogP) is 2.69. The summed E-state index contributed by atoms with van der Waals surface area (Å²) in [5, 5.41) is 21.9. The van der Waals surface area contributed by atoms with Gasteiger partial charge in [-0.1, -0.05) is 29.3 Å². The normalized spacial score (nSPS) is 17.5. The highest BCUT2D eigenvalue weighted by Crippen LogP contribution is 2.46. The van der Waals surface area contributed by atoms with Crippen molar-refractivity contribution in [1.29, 1.82) is 0 Å². The number of carbonyl (C=O) groups is 2. The van der Waals surface area contributed by atoms with Crippen LogP contribution in [0.2, 0.25) is 5.02 Å². The lowest BCUT2D eigenvalue weighted by atomic mass is 9.82. The zero-order valence-electron chi connectivity index (χ0n) is 17.0. The quantitative estimate of drug-likeness (QED) is 0.553. The van der Waals surface area contributed by atoms with Crippen LogP contribution in [0, 0.1) is 5.92 Å². The summed E-state index contributed by atoms with van der Waals surface area (Å²) in [6.07, 6.45) is 2.69. The van der Waals surface area contributed by atoms with Crippen LogP contribution < -0.4 is 11.1 Å². The van der Waals surface area contributed by atoms with Gasteiger partial charge in [0, 0.05) is 16.5 Å². The Morgan fingerprint density at radius 2 is 1.84 bits per heavy atom. The summed E-state index contributed by atoms with van der Waals surface area (Å²) in [4.78, 5) is 24.9. The number of fused-ring (bicyclic) bond motifs is 2. The number of hydrogen-bond acceptors (Lipinski definition) is 4. The fourth-order valence-corrected chi connectivity index (χ4v) is 4.68. The minimum absolute atomic E-state index is 0.169. The second-order valence-corrected chi connectivity index (χ2v) is 8.63. The standard InChI is InChI=1S/C24H25ClN2O4/c25-17-5-3-13(4-6-17)16-9-20-19-8-15(24(31)27-18(11-28)12-29)2-1-14(19)7-21(20)22(10-16)23(26)30/h3-6,9-10,15,18,28-29H,1-2,7-8,11-12H2,(H2,26,30)(H,27,31). The molecule has 1 unspecified atom stereocenters. The van der Waals surface area contributed by atoms with E-state index >= 15 is 0 Å². The molecule has 4 rings (SSSR count). The van der Waals surface area contributed by atoms with Crippen molar-refractivity contribution in [3.05, 3.63) is 63.7 Å². The first kappa shape index (κ1) is 21.6. The van der Waals surface area contributed by atoms with E-state index in [4.69, 9.17) is 17.3 Å². The van der Waals surface area contributed by atoms with Crippen molar-refractivity contribution < 1.29 is 19.8 Å². The van der Waals surface area contributed by atoms with Gasteiger partial charge in [-0.25, -0.2) is 0 Å². The molecule has 162 valence electrons. The maximum Gasteiger partial charge on any atom is 0.249 e. The Hall–Kier alpha value is -2.67. The molecule has 0 bridgehead atoms. The molecule has 2 amide bonds. The van der Waals surface area contributed by atoms with E-state index in [2.05, 4.69) is 11.4 Å². The van der Waals surface area contributed by atoms with Crippen LogP contribution in [0.25, 0.3) is 16.7 Å². The molecule has 2 aromatic rings. The van der Waals surface area contributed by atoms with Gasteiger partial charge in [0.25, 0.3) is 0 Å². The van der Waals surface area contributed by atoms with Crippen molar-refractivity contribution in [2.45, 2.75) is 31.7 Å². The van der Waals surface area contributed by atoms with Gasteiger partial charge >= 0.3 is 0 Å². The van der Waals surface area contributed by atoms with Crippen LogP contribution in [0.1, 0.15) is 40.7 Å². The van der Waals surface area contributed by atoms with Crippen molar-refractivity contribution in [3.63, 3.8) is 0 Å². The van der Waals surface area contributed by atoms with E-state index < -0.39 is 11.9 Å². The average molecular weight is 441 g/mol. The highest BCUT2D eigenvalue weighted by Gasteiger charge is 2.34. The van der Waals surface area contributed by atoms with Gasteiger partial charge < -0.3 is 21.3 Å². The number of carbonyl (C=O) groups excluding carboxylic acids is 2. The van der Waals surface area contributed by atoms with Gasteiger partial charge in [0.1, 0.15) is 0 Å². The van der Waals surface area contributed by atoms with Gasteiger partial charge in [0.05, 0.1) is 19.3 Å². The van der Waals surface area contributed by atoms with E-state index in [9.17, 15) is 19.8 Å². The first-order chi connectivity index (χ1) is 14.9. The van der Waals surface area contributed by atoms with E-state index in [1.807, 2.05) is 18.2 Å². The molecular formula is C24H25ClN2O4. The number of hydrogen-bond donors (Lipinski definition) is 4. The Kier molecular flexibility index (Phi) is 6.14. The Morgan fingerprint density at radius 1 is 1.13 bits per heavy atom. The minimum atomic E-state index is -0.656. The number of aliphatic hydroxyl groups is 2. The highest BCUT2D eigenvalue weighted by molar-refractivity contribution is 6.30. The minimum Gasteiger partial charge on any atom is -0.394 e. The maximum atomic E-state index is 12.7. The SMILES string of the molecule is NC(=O)c1cc(-c2ccc(Cl)cc2)cc2c1CC1=C2CC(C(=O)NC(CO)CO)CC1. The Balaban J connectivity index is 1.68. The van der Waals surface area contributed by atoms with Crippen molar-refractivity contribution >= 4 is 29.0 Å². The molecule has 0 aromatic heterocycles. The molecule has 31 heavy (non-hydrogen) atoms. The molecule has 0 aliphatic heterocycles. The molecule has 0 radical (unpaired) electrons. The number of primary amides is 1. The van der Waals surface area contributed by atoms with Gasteiger partial charge in [0.15, 0.2) is 0 Å². The van der Waals surface area contributed by atoms with Crippen molar-refractivity contribution in [1.82, 2.24) is 5.32 Å². The van der Waals surface area contributed by atoms with Crippen molar-refractivity contribution in [2.24, 2.45) is 11.7 Å². The van der Waals surface area contributed by atoms with Gasteiger partial charge in [-0.05, 0) is 77.8 Å². The molecule has 0 spiro atoms. The lowest BCUT2D eigenvalue weighted by molar-refractivity contribution is -0.126. The van der Waals surface area contributed by atoms with Crippen LogP contribution in [0.4, 0.5) is 0 Å². The van der Waals surface area contributed by atoms with Crippen LogP contribution in [-0.2, 0) is 11.2 Å². The van der Waals surface area contributed by atoms with E-state index in [1.54, 1.807) is 12.1 Å². The molecule has 2 aliphatic carbocycles. The first-order valence-electron chi connectivity index (χ1n) is 10.4. The molecule has 0 fully saturated rings. The summed E-state index contributed by atoms with van der Waals surface area (Å²) in [5.41, 5.74) is 12.3. The van der Waals surface area contributed by atoms with Gasteiger partial charge in [-0.15, -0.1) is 0 Å². The number of benzene rings is 2. The summed E-state index contributed by atoms with van der Waals surface area (Å²) in [6.45, 7) is -0.615. The predicted molar refractivity (Wildman–Crippen MR) is 119 cm³/mol. The Morgan fingerprint density at radius 3 is 2.48 bits per heavy atom. The van der Waals surface area contributed by atoms with E-state index in [-0.39, 0.29) is 25.0 Å². The molecular weight excluding hydrogens is 416 g/mol. The summed E-state index contributed by atoms with van der Waals surface area (Å²) in [6, 6.07) is 10.7. The summed E-state index contributed by atoms with van der Waals surface area (Å²) >= 11 is 6.02. The molecule has 1 atom stereocenters. The summed E-state index contributed by atoms with van der Waals surface area (Å²) < 4.78 is 0. The number of aliphatic hydroxyl groups excluding tert-OH is 2. The van der Waals surface area contributed by atoms with Crippen molar-refractivity contribution in [3.8, 4) is 11.1 Å². The third-order valence-electron chi connectivity index (χ3n) is 6.24. The van der Waals surface area contributed by atoms with Crippen LogP contribution in [0.15, 0.2) is 42.0 Å². The molecule has 0 saturated heterocycles. The lowest BCUT2D eigenvalue weighted by Crippen LogP contribution is -2.43. The van der Waals surface area contributed by atoms with Crippen LogP contribution in [0.5, 0.6) is 0 Å². The first-order valence-corrected chi connectivity index (χ1v) is 10.7. The summed E-state index contributed by atoms with van der Waals surface area (Å²) in [5.74, 6) is -0.881.